The minimum Gasteiger partial charge on any atom is -0.598 e. The molecule has 2 aliphatic rings. The monoisotopic (exact) mass is 511 g/mol. The fourth-order valence-electron chi connectivity index (χ4n) is 4.25. The number of benzene rings is 1. The van der Waals surface area contributed by atoms with Crippen molar-refractivity contribution in [2.24, 2.45) is 5.92 Å². The van der Waals surface area contributed by atoms with Gasteiger partial charge in [0.05, 0.1) is 30.3 Å². The minimum atomic E-state index is -1.35. The summed E-state index contributed by atoms with van der Waals surface area (Å²) in [6, 6.07) is 5.08. The van der Waals surface area contributed by atoms with E-state index in [0.29, 0.717) is 42.3 Å². The van der Waals surface area contributed by atoms with Crippen LogP contribution in [0.15, 0.2) is 12.1 Å². The highest BCUT2D eigenvalue weighted by atomic mass is 35.5. The van der Waals surface area contributed by atoms with Crippen LogP contribution in [0.1, 0.15) is 64.6 Å². The first kappa shape index (κ1) is 27.1. The number of nitrogens with zero attached hydrogens (tertiary/aromatic N) is 2. The normalized spacial score (nSPS) is 22.8. The first-order chi connectivity index (χ1) is 15.9. The quantitative estimate of drug-likeness (QED) is 0.580. The molecule has 3 atom stereocenters. The predicted octanol–water partition coefficient (Wildman–Crippen LogP) is 3.70. The molecular formula is C24H34ClN3O5S. The second-order valence-electron chi connectivity index (χ2n) is 10.1. The first-order valence-electron chi connectivity index (χ1n) is 11.4. The molecule has 1 aromatic carbocycles. The Morgan fingerprint density at radius 2 is 2.03 bits per heavy atom. The van der Waals surface area contributed by atoms with E-state index in [9.17, 15) is 14.6 Å². The average molecular weight is 512 g/mol. The molecule has 2 aliphatic heterocycles. The largest absolute Gasteiger partial charge is 0.598 e. The highest BCUT2D eigenvalue weighted by Crippen LogP contribution is 2.39. The van der Waals surface area contributed by atoms with Crippen molar-refractivity contribution in [3.05, 3.63) is 28.3 Å². The third kappa shape index (κ3) is 6.17. The van der Waals surface area contributed by atoms with Crippen LogP contribution in [0.3, 0.4) is 0 Å². The zero-order chi connectivity index (χ0) is 25.3. The number of hydrogen-bond donors (Lipinski definition) is 1. The number of methoxy groups -OCH3 is 1. The molecule has 0 bridgehead atoms. The average Bonchev–Trinajstić information content (AvgIpc) is 3.15. The van der Waals surface area contributed by atoms with E-state index in [1.165, 1.54) is 7.11 Å². The fraction of sp³-hybridized carbons (Fsp3) is 0.667. The molecule has 2 fully saturated rings. The maximum Gasteiger partial charge on any atom is 0.254 e. The second kappa shape index (κ2) is 10.6. The molecule has 8 nitrogen and oxygen atoms in total. The van der Waals surface area contributed by atoms with Crippen LogP contribution in [0.5, 0.6) is 5.75 Å². The summed E-state index contributed by atoms with van der Waals surface area (Å²) in [5.41, 5.74) is 1.07. The summed E-state index contributed by atoms with van der Waals surface area (Å²) in [4.78, 5) is 14.8. The van der Waals surface area contributed by atoms with E-state index < -0.39 is 28.0 Å². The Balaban J connectivity index is 1.81. The molecule has 2 saturated heterocycles. The van der Waals surface area contributed by atoms with Crippen molar-refractivity contribution in [1.29, 1.82) is 5.26 Å². The second-order valence-corrected chi connectivity index (χ2v) is 12.5. The molecule has 10 heteroatoms. The lowest BCUT2D eigenvalue weighted by atomic mass is 9.85. The van der Waals surface area contributed by atoms with Crippen LogP contribution in [0, 0.1) is 17.2 Å². The summed E-state index contributed by atoms with van der Waals surface area (Å²) < 4.78 is 32.8. The van der Waals surface area contributed by atoms with E-state index in [-0.39, 0.29) is 24.5 Å². The zero-order valence-corrected chi connectivity index (χ0v) is 22.2. The Morgan fingerprint density at radius 3 is 2.53 bits per heavy atom. The molecule has 1 amide bonds. The van der Waals surface area contributed by atoms with Crippen LogP contribution in [0.4, 0.5) is 0 Å². The van der Waals surface area contributed by atoms with E-state index in [1.807, 2.05) is 25.7 Å². The number of likely N-dealkylation sites (tertiary alicyclic amines) is 1. The van der Waals surface area contributed by atoms with Crippen LogP contribution < -0.4 is 9.46 Å². The lowest BCUT2D eigenvalue weighted by Gasteiger charge is -2.38. The number of piperidine rings is 1. The molecule has 0 aliphatic carbocycles. The maximum absolute atomic E-state index is 13.1. The van der Waals surface area contributed by atoms with Gasteiger partial charge in [-0.3, -0.25) is 4.79 Å². The molecule has 188 valence electrons. The van der Waals surface area contributed by atoms with E-state index >= 15 is 0 Å². The molecule has 0 saturated carbocycles. The topological polar surface area (TPSA) is 107 Å². The molecule has 2 unspecified atom stereocenters. The molecule has 1 aromatic rings. The minimum absolute atomic E-state index is 0.0641. The van der Waals surface area contributed by atoms with Crippen molar-refractivity contribution in [3.8, 4) is 11.8 Å². The fourth-order valence-corrected chi connectivity index (χ4v) is 5.36. The van der Waals surface area contributed by atoms with Crippen LogP contribution in [0.2, 0.25) is 5.02 Å². The molecule has 0 aromatic heterocycles. The zero-order valence-electron chi connectivity index (χ0n) is 20.6. The highest BCUT2D eigenvalue weighted by Gasteiger charge is 2.41. The number of ether oxygens (including phenoxy) is 3. The van der Waals surface area contributed by atoms with E-state index in [1.54, 1.807) is 26.0 Å². The van der Waals surface area contributed by atoms with Gasteiger partial charge in [-0.2, -0.15) is 5.26 Å². The summed E-state index contributed by atoms with van der Waals surface area (Å²) in [6.07, 6.45) is 0.802. The smallest absolute Gasteiger partial charge is 0.254 e. The van der Waals surface area contributed by atoms with Crippen LogP contribution in [-0.2, 0) is 25.6 Å². The number of halogens is 1. The Morgan fingerprint density at radius 1 is 1.38 bits per heavy atom. The number of rotatable bonds is 6. The molecular weight excluding hydrogens is 478 g/mol. The Kier molecular flexibility index (Phi) is 8.44. The van der Waals surface area contributed by atoms with Crippen molar-refractivity contribution < 1.29 is 23.6 Å². The van der Waals surface area contributed by atoms with E-state index in [4.69, 9.17) is 25.8 Å². The van der Waals surface area contributed by atoms with Crippen molar-refractivity contribution in [2.45, 2.75) is 70.1 Å². The third-order valence-corrected chi connectivity index (χ3v) is 8.06. The molecule has 0 spiro atoms. The van der Waals surface area contributed by atoms with Crippen molar-refractivity contribution >= 4 is 28.9 Å². The van der Waals surface area contributed by atoms with Crippen molar-refractivity contribution in [1.82, 2.24) is 9.62 Å². The van der Waals surface area contributed by atoms with Gasteiger partial charge in [0.15, 0.2) is 11.9 Å². The Bertz CT molecular complexity index is 938. The van der Waals surface area contributed by atoms with Gasteiger partial charge < -0.3 is 23.7 Å². The van der Waals surface area contributed by atoms with Crippen LogP contribution in [0.25, 0.3) is 0 Å². The highest BCUT2D eigenvalue weighted by molar-refractivity contribution is 7.90. The van der Waals surface area contributed by atoms with Gasteiger partial charge in [0.25, 0.3) is 5.91 Å². The lowest BCUT2D eigenvalue weighted by molar-refractivity contribution is -0.161. The molecule has 1 N–H and O–H groups in total. The molecule has 0 radical (unpaired) electrons. The summed E-state index contributed by atoms with van der Waals surface area (Å²) >= 11 is 5.02. The number of carbonyl (C=O) groups excluding carboxylic acids is 1. The predicted molar refractivity (Wildman–Crippen MR) is 131 cm³/mol. The van der Waals surface area contributed by atoms with Gasteiger partial charge in [0.2, 0.25) is 0 Å². The van der Waals surface area contributed by atoms with Gasteiger partial charge in [-0.05, 0) is 65.5 Å². The van der Waals surface area contributed by atoms with Crippen LogP contribution in [-0.4, -0.2) is 58.8 Å². The van der Waals surface area contributed by atoms with E-state index in [2.05, 4.69) is 10.8 Å². The summed E-state index contributed by atoms with van der Waals surface area (Å²) in [5.74, 6) is -0.228. The van der Waals surface area contributed by atoms with Gasteiger partial charge in [-0.25, -0.2) is 0 Å². The van der Waals surface area contributed by atoms with Gasteiger partial charge in [0.1, 0.15) is 16.6 Å². The number of carbonyl (C=O) groups is 1. The van der Waals surface area contributed by atoms with Gasteiger partial charge >= 0.3 is 0 Å². The number of nitrogens with one attached hydrogen (secondary N) is 1. The number of hydrogen-bond acceptors (Lipinski definition) is 7. The number of amides is 1. The van der Waals surface area contributed by atoms with Crippen molar-refractivity contribution in [3.63, 3.8) is 0 Å². The number of nitriles is 1. The summed E-state index contributed by atoms with van der Waals surface area (Å²) in [7, 11) is 1.54. The summed E-state index contributed by atoms with van der Waals surface area (Å²) in [5, 5.41) is 9.68. The Hall–Kier alpha value is -1.54. The van der Waals surface area contributed by atoms with Crippen LogP contribution >= 0.6 is 11.6 Å². The standard InChI is InChI=1S/C24H34ClN3O5S/c1-23(2,3)34(30)27-21(17-12-18(25)16(13-26)11-19(17)31-6)15-7-9-28(10-8-15)22(29)20-14-32-24(4,5)33-20/h11-12,15,20-21,27H,7-10,14H2,1-6H3/t20-,21?,34?/m1/s1. The summed E-state index contributed by atoms with van der Waals surface area (Å²) in [6.45, 7) is 10.7. The maximum atomic E-state index is 13.1. The van der Waals surface area contributed by atoms with E-state index in [0.717, 1.165) is 5.56 Å². The molecule has 3 rings (SSSR count). The third-order valence-electron chi connectivity index (χ3n) is 6.17. The molecule has 34 heavy (non-hydrogen) atoms. The lowest BCUT2D eigenvalue weighted by Crippen LogP contribution is -2.48. The van der Waals surface area contributed by atoms with Gasteiger partial charge in [0, 0.05) is 30.0 Å². The van der Waals surface area contributed by atoms with Crippen molar-refractivity contribution in [2.75, 3.05) is 26.8 Å². The van der Waals surface area contributed by atoms with Gasteiger partial charge in [-0.15, -0.1) is 4.72 Å². The SMILES string of the molecule is COc1cc(C#N)c(Cl)cc1C(N[S+]([O-])C(C)(C)C)C1CCN(C(=O)[C@H]2COC(C)(C)O2)CC1. The molecule has 2 heterocycles. The van der Waals surface area contributed by atoms with Gasteiger partial charge in [-0.1, -0.05) is 11.6 Å². The first-order valence-corrected chi connectivity index (χ1v) is 12.9. The Labute approximate surface area is 210 Å².